The van der Waals surface area contributed by atoms with Crippen molar-refractivity contribution < 1.29 is 23.0 Å². The van der Waals surface area contributed by atoms with Crippen LogP contribution in [0.4, 0.5) is 5.82 Å². The van der Waals surface area contributed by atoms with Gasteiger partial charge < -0.3 is 24.8 Å². The van der Waals surface area contributed by atoms with E-state index < -0.39 is 16.1 Å². The lowest BCUT2D eigenvalue weighted by Crippen LogP contribution is -2.45. The van der Waals surface area contributed by atoms with Crippen LogP contribution in [0.25, 0.3) is 0 Å². The molecule has 1 spiro atoms. The Morgan fingerprint density at radius 2 is 2.09 bits per heavy atom. The second kappa shape index (κ2) is 10.4. The van der Waals surface area contributed by atoms with Crippen LogP contribution in [0.3, 0.4) is 0 Å². The largest absolute Gasteiger partial charge is 0.491 e. The highest BCUT2D eigenvalue weighted by Gasteiger charge is 2.42. The molecule has 0 saturated carbocycles. The molecule has 2 aliphatic rings. The fraction of sp³-hybridized carbons (Fsp3) is 0.522. The standard InChI is InChI=1S/C23H32N4O5S/c1-24-33(29,30)21-6-4-5-20(13-21)31-17-19(28)15-26-18-14-23(32-16-18)8-11-27(12-9-23)22-7-2-3-10-25-22/h2-7,10,13,18-19,24,26,28H,8-9,11-12,14-17H2,1H3. The van der Waals surface area contributed by atoms with Crippen molar-refractivity contribution in [3.63, 3.8) is 0 Å². The number of anilines is 1. The van der Waals surface area contributed by atoms with E-state index in [4.69, 9.17) is 9.47 Å². The van der Waals surface area contributed by atoms with Crippen LogP contribution in [0, 0.1) is 0 Å². The van der Waals surface area contributed by atoms with Gasteiger partial charge in [0.15, 0.2) is 0 Å². The van der Waals surface area contributed by atoms with E-state index in [1.54, 1.807) is 12.1 Å². The van der Waals surface area contributed by atoms with Crippen molar-refractivity contribution in [2.45, 2.75) is 41.9 Å². The van der Waals surface area contributed by atoms with E-state index in [2.05, 4.69) is 19.9 Å². The molecule has 33 heavy (non-hydrogen) atoms. The Balaban J connectivity index is 1.20. The van der Waals surface area contributed by atoms with E-state index >= 15 is 0 Å². The molecule has 0 radical (unpaired) electrons. The molecule has 0 bridgehead atoms. The van der Waals surface area contributed by atoms with Gasteiger partial charge >= 0.3 is 0 Å². The molecule has 1 aromatic carbocycles. The van der Waals surface area contributed by atoms with Crippen molar-refractivity contribution >= 4 is 15.8 Å². The topological polar surface area (TPSA) is 113 Å². The van der Waals surface area contributed by atoms with Crippen LogP contribution in [0.15, 0.2) is 53.6 Å². The highest BCUT2D eigenvalue weighted by atomic mass is 32.2. The zero-order chi connectivity index (χ0) is 23.3. The molecule has 3 heterocycles. The number of piperidine rings is 1. The number of sulfonamides is 1. The molecule has 0 amide bonds. The summed E-state index contributed by atoms with van der Waals surface area (Å²) in [6, 6.07) is 12.4. The van der Waals surface area contributed by atoms with Gasteiger partial charge in [0, 0.05) is 37.9 Å². The maximum Gasteiger partial charge on any atom is 0.240 e. The molecular formula is C23H32N4O5S. The van der Waals surface area contributed by atoms with Crippen molar-refractivity contribution in [2.24, 2.45) is 0 Å². The molecule has 2 unspecified atom stereocenters. The van der Waals surface area contributed by atoms with Crippen LogP contribution >= 0.6 is 0 Å². The summed E-state index contributed by atoms with van der Waals surface area (Å²) in [5.74, 6) is 1.41. The summed E-state index contributed by atoms with van der Waals surface area (Å²) < 4.78 is 37.9. The van der Waals surface area contributed by atoms with Crippen LogP contribution in [-0.4, -0.2) is 76.2 Å². The summed E-state index contributed by atoms with van der Waals surface area (Å²) in [7, 11) is -2.18. The summed E-state index contributed by atoms with van der Waals surface area (Å²) >= 11 is 0. The quantitative estimate of drug-likeness (QED) is 0.494. The molecule has 180 valence electrons. The second-order valence-corrected chi connectivity index (χ2v) is 10.5. The van der Waals surface area contributed by atoms with Crippen molar-refractivity contribution in [1.29, 1.82) is 0 Å². The average Bonchev–Trinajstić information content (AvgIpc) is 3.25. The number of aliphatic hydroxyl groups is 1. The smallest absolute Gasteiger partial charge is 0.240 e. The first-order valence-corrected chi connectivity index (χ1v) is 12.8. The fourth-order valence-electron chi connectivity index (χ4n) is 4.41. The van der Waals surface area contributed by atoms with Gasteiger partial charge in [-0.2, -0.15) is 0 Å². The van der Waals surface area contributed by atoms with Crippen LogP contribution in [0.1, 0.15) is 19.3 Å². The molecular weight excluding hydrogens is 444 g/mol. The highest BCUT2D eigenvalue weighted by Crippen LogP contribution is 2.36. The first-order valence-electron chi connectivity index (χ1n) is 11.3. The zero-order valence-electron chi connectivity index (χ0n) is 18.8. The fourth-order valence-corrected chi connectivity index (χ4v) is 5.18. The van der Waals surface area contributed by atoms with Gasteiger partial charge in [0.05, 0.1) is 17.1 Å². The lowest BCUT2D eigenvalue weighted by molar-refractivity contribution is -0.0151. The third-order valence-electron chi connectivity index (χ3n) is 6.33. The lowest BCUT2D eigenvalue weighted by atomic mass is 9.87. The maximum atomic E-state index is 11.9. The minimum Gasteiger partial charge on any atom is -0.491 e. The lowest BCUT2D eigenvalue weighted by Gasteiger charge is -2.39. The molecule has 1 aromatic heterocycles. The van der Waals surface area contributed by atoms with Crippen LogP contribution in [0.5, 0.6) is 5.75 Å². The Morgan fingerprint density at radius 1 is 1.27 bits per heavy atom. The number of aromatic nitrogens is 1. The second-order valence-electron chi connectivity index (χ2n) is 8.63. The average molecular weight is 477 g/mol. The number of aliphatic hydroxyl groups excluding tert-OH is 1. The molecule has 3 N–H and O–H groups in total. The molecule has 10 heteroatoms. The predicted octanol–water partition coefficient (Wildman–Crippen LogP) is 1.15. The third kappa shape index (κ3) is 6.01. The summed E-state index contributed by atoms with van der Waals surface area (Å²) in [4.78, 5) is 6.86. The molecule has 2 aliphatic heterocycles. The maximum absolute atomic E-state index is 11.9. The van der Waals surface area contributed by atoms with Gasteiger partial charge in [-0.05, 0) is 50.6 Å². The van der Waals surface area contributed by atoms with Gasteiger partial charge in [-0.3, -0.25) is 0 Å². The van der Waals surface area contributed by atoms with Gasteiger partial charge in [-0.1, -0.05) is 12.1 Å². The van der Waals surface area contributed by atoms with Gasteiger partial charge in [-0.25, -0.2) is 18.1 Å². The van der Waals surface area contributed by atoms with E-state index in [1.165, 1.54) is 19.2 Å². The Hall–Kier alpha value is -2.24. The van der Waals surface area contributed by atoms with Crippen molar-refractivity contribution in [2.75, 3.05) is 44.8 Å². The zero-order valence-corrected chi connectivity index (χ0v) is 19.6. The van der Waals surface area contributed by atoms with E-state index in [9.17, 15) is 13.5 Å². The Labute approximate surface area is 195 Å². The number of rotatable bonds is 9. The molecule has 2 aromatic rings. The van der Waals surface area contributed by atoms with Crippen molar-refractivity contribution in [1.82, 2.24) is 15.0 Å². The summed E-state index contributed by atoms with van der Waals surface area (Å²) in [5.41, 5.74) is -0.107. The number of ether oxygens (including phenoxy) is 2. The Kier molecular flexibility index (Phi) is 7.50. The number of pyridine rings is 1. The summed E-state index contributed by atoms with van der Waals surface area (Å²) in [6.45, 7) is 2.90. The predicted molar refractivity (Wildman–Crippen MR) is 125 cm³/mol. The number of hydrogen-bond donors (Lipinski definition) is 3. The minimum absolute atomic E-state index is 0.0633. The van der Waals surface area contributed by atoms with Gasteiger partial charge in [-0.15, -0.1) is 0 Å². The normalized spacial score (nSPS) is 21.3. The number of benzene rings is 1. The van der Waals surface area contributed by atoms with Crippen molar-refractivity contribution in [3.8, 4) is 5.75 Å². The number of nitrogens with one attached hydrogen (secondary N) is 2. The minimum atomic E-state index is -3.54. The Morgan fingerprint density at radius 3 is 2.82 bits per heavy atom. The third-order valence-corrected chi connectivity index (χ3v) is 7.74. The Bertz CT molecular complexity index is 1010. The molecule has 0 aliphatic carbocycles. The van der Waals surface area contributed by atoms with E-state index in [0.29, 0.717) is 18.9 Å². The monoisotopic (exact) mass is 476 g/mol. The van der Waals surface area contributed by atoms with Gasteiger partial charge in [0.2, 0.25) is 10.0 Å². The summed E-state index contributed by atoms with van der Waals surface area (Å²) in [5, 5.41) is 13.7. The first-order chi connectivity index (χ1) is 15.9. The van der Waals surface area contributed by atoms with Crippen LogP contribution < -0.4 is 19.7 Å². The number of hydrogen-bond acceptors (Lipinski definition) is 8. The van der Waals surface area contributed by atoms with Crippen LogP contribution in [-0.2, 0) is 14.8 Å². The first kappa shape index (κ1) is 23.9. The molecule has 2 atom stereocenters. The van der Waals surface area contributed by atoms with E-state index in [0.717, 1.165) is 38.2 Å². The number of nitrogens with zero attached hydrogens (tertiary/aromatic N) is 2. The molecule has 4 rings (SSSR count). The molecule has 9 nitrogen and oxygen atoms in total. The van der Waals surface area contributed by atoms with E-state index in [1.807, 2.05) is 24.4 Å². The molecule has 2 saturated heterocycles. The summed E-state index contributed by atoms with van der Waals surface area (Å²) in [6.07, 6.45) is 3.93. The van der Waals surface area contributed by atoms with Gasteiger partial charge in [0.1, 0.15) is 24.3 Å². The van der Waals surface area contributed by atoms with Crippen LogP contribution in [0.2, 0.25) is 0 Å². The van der Waals surface area contributed by atoms with Crippen molar-refractivity contribution in [3.05, 3.63) is 48.7 Å². The van der Waals surface area contributed by atoms with E-state index in [-0.39, 0.29) is 23.1 Å². The molecule has 2 fully saturated rings. The van der Waals surface area contributed by atoms with Gasteiger partial charge in [0.25, 0.3) is 0 Å². The highest BCUT2D eigenvalue weighted by molar-refractivity contribution is 7.89. The SMILES string of the molecule is CNS(=O)(=O)c1cccc(OCC(O)CNC2COC3(CCN(c4ccccn4)CC3)C2)c1.